The molecule has 0 spiro atoms. The normalized spacial score (nSPS) is 23.2. The van der Waals surface area contributed by atoms with Crippen LogP contribution in [0.5, 0.6) is 0 Å². The Morgan fingerprint density at radius 3 is 2.75 bits per heavy atom. The third kappa shape index (κ3) is 1.88. The average Bonchev–Trinajstić information content (AvgIpc) is 2.21. The van der Waals surface area contributed by atoms with E-state index in [1.807, 2.05) is 26.1 Å². The summed E-state index contributed by atoms with van der Waals surface area (Å²) in [6.07, 6.45) is 14.5. The van der Waals surface area contributed by atoms with E-state index >= 15 is 0 Å². The lowest BCUT2D eigenvalue weighted by Gasteiger charge is -2.19. The fourth-order valence-corrected chi connectivity index (χ4v) is 1.19. The fraction of sp³-hybridized carbons (Fsp3) is 0.273. The summed E-state index contributed by atoms with van der Waals surface area (Å²) < 4.78 is 0. The maximum atomic E-state index is 3.23. The van der Waals surface area contributed by atoms with E-state index in [-0.39, 0.29) is 0 Å². The van der Waals surface area contributed by atoms with Crippen LogP contribution < -0.4 is 5.32 Å². The van der Waals surface area contributed by atoms with Crippen LogP contribution in [0.4, 0.5) is 0 Å². The Labute approximate surface area is 74.2 Å². The highest BCUT2D eigenvalue weighted by atomic mass is 14.9. The molecule has 0 aromatic carbocycles. The van der Waals surface area contributed by atoms with E-state index < -0.39 is 0 Å². The smallest absolute Gasteiger partial charge is 0.0695 e. The lowest BCUT2D eigenvalue weighted by molar-refractivity contribution is 0.795. The van der Waals surface area contributed by atoms with E-state index in [0.29, 0.717) is 6.04 Å². The molecule has 0 aromatic heterocycles. The molecule has 1 aliphatic heterocycles. The Morgan fingerprint density at radius 1 is 1.17 bits per heavy atom. The molecular formula is C11H15N. The van der Waals surface area contributed by atoms with Crippen LogP contribution in [0.2, 0.25) is 0 Å². The van der Waals surface area contributed by atoms with Gasteiger partial charge in [0.25, 0.3) is 0 Å². The lowest BCUT2D eigenvalue weighted by atomic mass is 10.0. The zero-order chi connectivity index (χ0) is 8.81. The van der Waals surface area contributed by atoms with Gasteiger partial charge in [0.1, 0.15) is 0 Å². The molecule has 0 radical (unpaired) electrons. The number of allylic oxidation sites excluding steroid dienone is 4. The minimum Gasteiger partial charge on any atom is -0.381 e. The Bertz CT molecular complexity index is 244. The van der Waals surface area contributed by atoms with Crippen molar-refractivity contribution in [2.24, 2.45) is 0 Å². The number of dihydropyridines is 1. The largest absolute Gasteiger partial charge is 0.381 e. The number of hydrogen-bond acceptors (Lipinski definition) is 1. The SMILES string of the molecule is C1=CNC2C=CC=CC2=C1.CC. The van der Waals surface area contributed by atoms with Gasteiger partial charge in [-0.25, -0.2) is 0 Å². The van der Waals surface area contributed by atoms with E-state index in [0.717, 1.165) is 0 Å². The third-order valence-electron chi connectivity index (χ3n) is 1.72. The maximum absolute atomic E-state index is 3.23. The van der Waals surface area contributed by atoms with Crippen LogP contribution in [0.25, 0.3) is 0 Å². The Hall–Kier alpha value is -1.24. The first-order valence-corrected chi connectivity index (χ1v) is 4.44. The molecule has 64 valence electrons. The highest BCUT2D eigenvalue weighted by Crippen LogP contribution is 2.13. The second-order valence-corrected chi connectivity index (χ2v) is 2.41. The molecule has 2 rings (SSSR count). The first-order chi connectivity index (χ1) is 5.97. The summed E-state index contributed by atoms with van der Waals surface area (Å²) in [5.74, 6) is 0. The Morgan fingerprint density at radius 2 is 2.00 bits per heavy atom. The van der Waals surface area contributed by atoms with Crippen LogP contribution in [0.3, 0.4) is 0 Å². The zero-order valence-electron chi connectivity index (χ0n) is 7.62. The van der Waals surface area contributed by atoms with Crippen molar-refractivity contribution in [1.82, 2.24) is 5.32 Å². The highest BCUT2D eigenvalue weighted by Gasteiger charge is 2.09. The summed E-state index contributed by atoms with van der Waals surface area (Å²) in [6.45, 7) is 4.00. The fourth-order valence-electron chi connectivity index (χ4n) is 1.19. The molecule has 1 N–H and O–H groups in total. The average molecular weight is 161 g/mol. The Kier molecular flexibility index (Phi) is 3.39. The maximum Gasteiger partial charge on any atom is 0.0695 e. The van der Waals surface area contributed by atoms with Crippen LogP contribution in [-0.2, 0) is 0 Å². The molecule has 0 saturated carbocycles. The van der Waals surface area contributed by atoms with Crippen molar-refractivity contribution in [3.63, 3.8) is 0 Å². The first-order valence-electron chi connectivity index (χ1n) is 4.44. The minimum atomic E-state index is 0.412. The standard InChI is InChI=1S/C9H9N.C2H6/c1-2-6-9-8(4-1)5-3-7-10-9;1-2/h1-7,9-10H;1-2H3. The van der Waals surface area contributed by atoms with Crippen molar-refractivity contribution < 1.29 is 0 Å². The molecule has 1 unspecified atom stereocenters. The molecule has 12 heavy (non-hydrogen) atoms. The van der Waals surface area contributed by atoms with Crippen LogP contribution >= 0.6 is 0 Å². The van der Waals surface area contributed by atoms with Crippen LogP contribution in [0.1, 0.15) is 13.8 Å². The molecule has 0 bridgehead atoms. The molecular weight excluding hydrogens is 146 g/mol. The van der Waals surface area contributed by atoms with Gasteiger partial charge in [-0.15, -0.1) is 0 Å². The van der Waals surface area contributed by atoms with Crippen molar-refractivity contribution in [3.8, 4) is 0 Å². The lowest BCUT2D eigenvalue weighted by Crippen LogP contribution is -2.26. The predicted molar refractivity (Wildman–Crippen MR) is 53.8 cm³/mol. The van der Waals surface area contributed by atoms with E-state index in [4.69, 9.17) is 0 Å². The van der Waals surface area contributed by atoms with E-state index in [2.05, 4.69) is 35.7 Å². The van der Waals surface area contributed by atoms with Crippen molar-refractivity contribution in [1.29, 1.82) is 0 Å². The number of rotatable bonds is 0. The van der Waals surface area contributed by atoms with Crippen molar-refractivity contribution in [2.45, 2.75) is 19.9 Å². The van der Waals surface area contributed by atoms with Gasteiger partial charge in [-0.1, -0.05) is 44.2 Å². The molecule has 0 saturated heterocycles. The van der Waals surface area contributed by atoms with Gasteiger partial charge in [0.15, 0.2) is 0 Å². The number of hydrogen-bond donors (Lipinski definition) is 1. The van der Waals surface area contributed by atoms with E-state index in [1.54, 1.807) is 0 Å². The van der Waals surface area contributed by atoms with Crippen LogP contribution in [0, 0.1) is 0 Å². The molecule has 0 fully saturated rings. The molecule has 1 heteroatoms. The van der Waals surface area contributed by atoms with Crippen molar-refractivity contribution >= 4 is 0 Å². The summed E-state index contributed by atoms with van der Waals surface area (Å²) in [6, 6.07) is 0.412. The summed E-state index contributed by atoms with van der Waals surface area (Å²) in [7, 11) is 0. The van der Waals surface area contributed by atoms with Crippen LogP contribution in [0.15, 0.2) is 48.2 Å². The molecule has 0 amide bonds. The van der Waals surface area contributed by atoms with E-state index in [1.165, 1.54) is 5.57 Å². The molecule has 1 atom stereocenters. The van der Waals surface area contributed by atoms with Gasteiger partial charge in [0.05, 0.1) is 6.04 Å². The second kappa shape index (κ2) is 4.60. The number of nitrogens with one attached hydrogen (secondary N) is 1. The van der Waals surface area contributed by atoms with Gasteiger partial charge < -0.3 is 5.32 Å². The summed E-state index contributed by atoms with van der Waals surface area (Å²) >= 11 is 0. The van der Waals surface area contributed by atoms with Gasteiger partial charge in [-0.2, -0.15) is 0 Å². The molecule has 2 aliphatic rings. The van der Waals surface area contributed by atoms with Gasteiger partial charge in [0.2, 0.25) is 0 Å². The van der Waals surface area contributed by atoms with Gasteiger partial charge >= 0.3 is 0 Å². The molecule has 1 heterocycles. The second-order valence-electron chi connectivity index (χ2n) is 2.41. The minimum absolute atomic E-state index is 0.412. The molecule has 1 aliphatic carbocycles. The summed E-state index contributed by atoms with van der Waals surface area (Å²) in [4.78, 5) is 0. The molecule has 0 aromatic rings. The number of fused-ring (bicyclic) bond motifs is 1. The zero-order valence-corrected chi connectivity index (χ0v) is 7.62. The topological polar surface area (TPSA) is 12.0 Å². The summed E-state index contributed by atoms with van der Waals surface area (Å²) in [5, 5.41) is 3.23. The third-order valence-corrected chi connectivity index (χ3v) is 1.72. The van der Waals surface area contributed by atoms with Crippen molar-refractivity contribution in [2.75, 3.05) is 0 Å². The van der Waals surface area contributed by atoms with Gasteiger partial charge in [-0.3, -0.25) is 0 Å². The Balaban J connectivity index is 0.000000336. The van der Waals surface area contributed by atoms with Crippen molar-refractivity contribution in [3.05, 3.63) is 48.2 Å². The predicted octanol–water partition coefficient (Wildman–Crippen LogP) is 2.55. The summed E-state index contributed by atoms with van der Waals surface area (Å²) in [5.41, 5.74) is 1.34. The van der Waals surface area contributed by atoms with E-state index in [9.17, 15) is 0 Å². The monoisotopic (exact) mass is 161 g/mol. The van der Waals surface area contributed by atoms with Crippen LogP contribution in [-0.4, -0.2) is 6.04 Å². The van der Waals surface area contributed by atoms with Gasteiger partial charge in [0, 0.05) is 0 Å². The first kappa shape index (κ1) is 8.85. The molecule has 1 nitrogen and oxygen atoms in total. The quantitative estimate of drug-likeness (QED) is 0.575. The highest BCUT2D eigenvalue weighted by molar-refractivity contribution is 5.40. The van der Waals surface area contributed by atoms with Gasteiger partial charge in [-0.05, 0) is 17.8 Å².